The van der Waals surface area contributed by atoms with E-state index in [0.29, 0.717) is 18.6 Å². The van der Waals surface area contributed by atoms with Gasteiger partial charge in [-0.15, -0.1) is 0 Å². The average molecular weight is 767 g/mol. The molecule has 3 aromatic carbocycles. The topological polar surface area (TPSA) is 110 Å². The number of hydrogen-bond acceptors (Lipinski definition) is 7. The second kappa shape index (κ2) is 13.4. The lowest BCUT2D eigenvalue weighted by molar-refractivity contribution is -0.154. The third-order valence-corrected chi connectivity index (χ3v) is 11.0. The fourth-order valence-corrected chi connectivity index (χ4v) is 6.71. The Labute approximate surface area is 279 Å². The maximum absolute atomic E-state index is 13.8. The van der Waals surface area contributed by atoms with E-state index in [9.17, 15) is 24.0 Å². The van der Waals surface area contributed by atoms with Crippen molar-refractivity contribution in [3.05, 3.63) is 93.5 Å². The standard InChI is InChI=1S/C31H24Br2Cl2N2O7/c1-43-20-4-2-3-18(11-20)31(42)44-19-8-5-16(6-9-19)27(38)15-36(28(39)17-7-10-25(34)26(35)12-17)37-29(40)21-13-23(32)24(33)14-22(21)30(37)41/h2-12,21-24H,13-15H2,1H3/t21-,22-,23+,24+/m1/s1. The minimum atomic E-state index is -0.771. The Balaban J connectivity index is 1.39. The molecule has 228 valence electrons. The highest BCUT2D eigenvalue weighted by atomic mass is 79.9. The summed E-state index contributed by atoms with van der Waals surface area (Å²) in [7, 11) is 1.49. The lowest BCUT2D eigenvalue weighted by Crippen LogP contribution is -2.52. The molecule has 3 aromatic rings. The second-order valence-corrected chi connectivity index (χ2v) is 13.4. The van der Waals surface area contributed by atoms with Gasteiger partial charge >= 0.3 is 5.97 Å². The molecule has 1 saturated heterocycles. The Morgan fingerprint density at radius 1 is 0.818 bits per heavy atom. The van der Waals surface area contributed by atoms with Gasteiger partial charge in [0.1, 0.15) is 18.0 Å². The zero-order chi connectivity index (χ0) is 31.7. The summed E-state index contributed by atoms with van der Waals surface area (Å²) in [5, 5.41) is 1.98. The molecule has 0 spiro atoms. The van der Waals surface area contributed by atoms with E-state index in [-0.39, 0.29) is 42.1 Å². The molecule has 0 bridgehead atoms. The van der Waals surface area contributed by atoms with Crippen molar-refractivity contribution in [3.8, 4) is 11.5 Å². The number of ether oxygens (including phenoxy) is 2. The SMILES string of the molecule is COc1cccc(C(=O)Oc2ccc(C(=O)CN(C(=O)c3ccc(Cl)c(Cl)c3)N3C(=O)[C@@H]4C[C@H](Br)[C@@H](Br)C[C@H]4C3=O)cc2)c1. The molecule has 1 aliphatic heterocycles. The highest BCUT2D eigenvalue weighted by molar-refractivity contribution is 9.12. The smallest absolute Gasteiger partial charge is 0.343 e. The van der Waals surface area contributed by atoms with E-state index in [1.165, 1.54) is 55.6 Å². The van der Waals surface area contributed by atoms with Gasteiger partial charge in [-0.05, 0) is 73.5 Å². The Hall–Kier alpha value is -3.25. The van der Waals surface area contributed by atoms with E-state index in [0.717, 1.165) is 10.0 Å². The molecule has 13 heteroatoms. The number of rotatable bonds is 8. The Bertz CT molecular complexity index is 1620. The van der Waals surface area contributed by atoms with Crippen LogP contribution >= 0.6 is 55.1 Å². The first-order valence-corrected chi connectivity index (χ1v) is 16.0. The molecular formula is C31H24Br2Cl2N2O7. The number of esters is 1. The number of methoxy groups -OCH3 is 1. The van der Waals surface area contributed by atoms with Crippen molar-refractivity contribution in [1.82, 2.24) is 10.0 Å². The maximum atomic E-state index is 13.8. The zero-order valence-electron chi connectivity index (χ0n) is 23.0. The minimum Gasteiger partial charge on any atom is -0.497 e. The quantitative estimate of drug-likeness (QED) is 0.0861. The predicted molar refractivity (Wildman–Crippen MR) is 170 cm³/mol. The summed E-state index contributed by atoms with van der Waals surface area (Å²) in [6.07, 6.45) is 0.778. The molecule has 1 aliphatic carbocycles. The number of amides is 3. The van der Waals surface area contributed by atoms with E-state index in [1.807, 2.05) is 0 Å². The Morgan fingerprint density at radius 2 is 1.43 bits per heavy atom. The van der Waals surface area contributed by atoms with Crippen LogP contribution in [0.3, 0.4) is 0 Å². The van der Waals surface area contributed by atoms with E-state index in [1.54, 1.807) is 18.2 Å². The van der Waals surface area contributed by atoms with Crippen LogP contribution in [-0.4, -0.2) is 62.8 Å². The largest absolute Gasteiger partial charge is 0.497 e. The minimum absolute atomic E-state index is 0.0409. The maximum Gasteiger partial charge on any atom is 0.343 e. The first-order valence-electron chi connectivity index (χ1n) is 13.4. The first kappa shape index (κ1) is 32.2. The highest BCUT2D eigenvalue weighted by Gasteiger charge is 2.54. The molecule has 2 aliphatic rings. The van der Waals surface area contributed by atoms with E-state index in [4.69, 9.17) is 32.7 Å². The molecule has 44 heavy (non-hydrogen) atoms. The normalized spacial score (nSPS) is 21.1. The number of carbonyl (C=O) groups excluding carboxylic acids is 5. The number of carbonyl (C=O) groups is 5. The van der Waals surface area contributed by atoms with Gasteiger partial charge in [-0.3, -0.25) is 19.2 Å². The zero-order valence-corrected chi connectivity index (χ0v) is 27.7. The Morgan fingerprint density at radius 3 is 2.02 bits per heavy atom. The van der Waals surface area contributed by atoms with Crippen molar-refractivity contribution in [3.63, 3.8) is 0 Å². The molecular weight excluding hydrogens is 743 g/mol. The summed E-state index contributed by atoms with van der Waals surface area (Å²) >= 11 is 19.3. The lowest BCUT2D eigenvalue weighted by atomic mass is 9.81. The summed E-state index contributed by atoms with van der Waals surface area (Å²) in [5.41, 5.74) is 0.480. The molecule has 5 rings (SSSR count). The van der Waals surface area contributed by atoms with Crippen LogP contribution in [-0.2, 0) is 9.59 Å². The summed E-state index contributed by atoms with van der Waals surface area (Å²) in [5.74, 6) is -3.66. The molecule has 0 N–H and O–H groups in total. The van der Waals surface area contributed by atoms with E-state index in [2.05, 4.69) is 31.9 Å². The summed E-state index contributed by atoms with van der Waals surface area (Å²) < 4.78 is 10.6. The van der Waals surface area contributed by atoms with Crippen molar-refractivity contribution < 1.29 is 33.4 Å². The summed E-state index contributed by atoms with van der Waals surface area (Å²) in [6, 6.07) is 16.3. The molecule has 1 heterocycles. The van der Waals surface area contributed by atoms with Crippen molar-refractivity contribution in [1.29, 1.82) is 0 Å². The van der Waals surface area contributed by atoms with Gasteiger partial charge in [-0.25, -0.2) is 9.80 Å². The number of alkyl halides is 2. The molecule has 4 atom stereocenters. The van der Waals surface area contributed by atoms with Crippen LogP contribution in [0.2, 0.25) is 10.0 Å². The number of hydrogen-bond donors (Lipinski definition) is 0. The highest BCUT2D eigenvalue weighted by Crippen LogP contribution is 2.44. The van der Waals surface area contributed by atoms with Gasteiger partial charge in [0.2, 0.25) is 0 Å². The van der Waals surface area contributed by atoms with Gasteiger partial charge < -0.3 is 9.47 Å². The number of benzene rings is 3. The van der Waals surface area contributed by atoms with Crippen molar-refractivity contribution in [2.45, 2.75) is 22.5 Å². The Kier molecular flexibility index (Phi) is 9.79. The summed E-state index contributed by atoms with van der Waals surface area (Å²) in [4.78, 5) is 66.9. The molecule has 1 saturated carbocycles. The fourth-order valence-electron chi connectivity index (χ4n) is 5.18. The molecule has 0 unspecified atom stereocenters. The number of imide groups is 1. The number of hydrazine groups is 1. The lowest BCUT2D eigenvalue weighted by Gasteiger charge is -2.30. The third kappa shape index (κ3) is 6.56. The second-order valence-electron chi connectivity index (χ2n) is 10.3. The molecule has 9 nitrogen and oxygen atoms in total. The molecule has 3 amide bonds. The van der Waals surface area contributed by atoms with Crippen LogP contribution < -0.4 is 9.47 Å². The van der Waals surface area contributed by atoms with Crippen molar-refractivity contribution in [2.24, 2.45) is 11.8 Å². The summed E-state index contributed by atoms with van der Waals surface area (Å²) in [6.45, 7) is -0.617. The monoisotopic (exact) mass is 764 g/mol. The van der Waals surface area contributed by atoms with Gasteiger partial charge in [-0.1, -0.05) is 61.1 Å². The van der Waals surface area contributed by atoms with Crippen LogP contribution in [0.4, 0.5) is 0 Å². The van der Waals surface area contributed by atoms with Crippen molar-refractivity contribution in [2.75, 3.05) is 13.7 Å². The van der Waals surface area contributed by atoms with Gasteiger partial charge in [0, 0.05) is 20.8 Å². The predicted octanol–water partition coefficient (Wildman–Crippen LogP) is 6.38. The molecule has 0 aromatic heterocycles. The fraction of sp³-hybridized carbons (Fsp3) is 0.258. The van der Waals surface area contributed by atoms with Gasteiger partial charge in [0.15, 0.2) is 5.78 Å². The van der Waals surface area contributed by atoms with Gasteiger partial charge in [0.05, 0.1) is 34.6 Å². The van der Waals surface area contributed by atoms with E-state index < -0.39 is 47.9 Å². The van der Waals surface area contributed by atoms with Gasteiger partial charge in [0.25, 0.3) is 17.7 Å². The van der Waals surface area contributed by atoms with Gasteiger partial charge in [-0.2, -0.15) is 5.01 Å². The first-order chi connectivity index (χ1) is 21.0. The third-order valence-electron chi connectivity index (χ3n) is 7.52. The van der Waals surface area contributed by atoms with E-state index >= 15 is 0 Å². The van der Waals surface area contributed by atoms with Crippen LogP contribution in [0, 0.1) is 11.8 Å². The number of Topliss-reactive ketones (excluding diaryl/α,β-unsaturated/α-hetero) is 1. The number of nitrogens with zero attached hydrogens (tertiary/aromatic N) is 2. The number of ketones is 1. The van der Waals surface area contributed by atoms with Crippen LogP contribution in [0.1, 0.15) is 43.9 Å². The molecule has 0 radical (unpaired) electrons. The number of halogens is 4. The van der Waals surface area contributed by atoms with Crippen LogP contribution in [0.5, 0.6) is 11.5 Å². The number of fused-ring (bicyclic) bond motifs is 1. The van der Waals surface area contributed by atoms with Crippen LogP contribution in [0.15, 0.2) is 66.7 Å². The molecule has 2 fully saturated rings. The van der Waals surface area contributed by atoms with Crippen molar-refractivity contribution >= 4 is 84.5 Å². The van der Waals surface area contributed by atoms with Crippen LogP contribution in [0.25, 0.3) is 0 Å². The average Bonchev–Trinajstić information content (AvgIpc) is 3.25.